The van der Waals surface area contributed by atoms with Crippen LogP contribution < -0.4 is 0 Å². The standard InChI is InChI=1S/C7H9F3O3/c8-7(9,10)5-3-4(6(11)12)1-2-13-5/h4-5H,1-3H2,(H,11,12)/t4-,5-/m0/s1. The Kier molecular flexibility index (Phi) is 2.80. The fourth-order valence-electron chi connectivity index (χ4n) is 1.25. The van der Waals surface area contributed by atoms with Crippen LogP contribution in [0.5, 0.6) is 0 Å². The zero-order valence-corrected chi connectivity index (χ0v) is 6.67. The Morgan fingerprint density at radius 1 is 1.46 bits per heavy atom. The average Bonchev–Trinajstić information content (AvgIpc) is 2.03. The molecule has 13 heavy (non-hydrogen) atoms. The van der Waals surface area contributed by atoms with Crippen LogP contribution in [0.25, 0.3) is 0 Å². The summed E-state index contributed by atoms with van der Waals surface area (Å²) in [4.78, 5) is 10.4. The van der Waals surface area contributed by atoms with Gasteiger partial charge in [-0.3, -0.25) is 4.79 Å². The van der Waals surface area contributed by atoms with E-state index in [2.05, 4.69) is 4.74 Å². The Labute approximate surface area is 72.5 Å². The van der Waals surface area contributed by atoms with Crippen LogP contribution in [-0.4, -0.2) is 30.0 Å². The van der Waals surface area contributed by atoms with E-state index in [1.807, 2.05) is 0 Å². The van der Waals surface area contributed by atoms with Crippen molar-refractivity contribution in [2.24, 2.45) is 5.92 Å². The van der Waals surface area contributed by atoms with Gasteiger partial charge in [0.15, 0.2) is 6.10 Å². The molecule has 1 N–H and O–H groups in total. The molecular weight excluding hydrogens is 189 g/mol. The summed E-state index contributed by atoms with van der Waals surface area (Å²) in [6.45, 7) is -0.138. The van der Waals surface area contributed by atoms with Gasteiger partial charge in [0.25, 0.3) is 0 Å². The van der Waals surface area contributed by atoms with E-state index in [9.17, 15) is 18.0 Å². The molecule has 0 amide bonds. The SMILES string of the molecule is O=C(O)[C@H]1CCO[C@H](C(F)(F)F)C1. The number of rotatable bonds is 1. The third-order valence-electron chi connectivity index (χ3n) is 2.00. The molecule has 0 aromatic carbocycles. The van der Waals surface area contributed by atoms with Gasteiger partial charge in [-0.2, -0.15) is 13.2 Å². The fourth-order valence-corrected chi connectivity index (χ4v) is 1.25. The van der Waals surface area contributed by atoms with Gasteiger partial charge in [0.2, 0.25) is 0 Å². The van der Waals surface area contributed by atoms with Crippen molar-refractivity contribution in [3.8, 4) is 0 Å². The summed E-state index contributed by atoms with van der Waals surface area (Å²) >= 11 is 0. The van der Waals surface area contributed by atoms with Gasteiger partial charge in [-0.1, -0.05) is 0 Å². The van der Waals surface area contributed by atoms with E-state index in [1.54, 1.807) is 0 Å². The van der Waals surface area contributed by atoms with Crippen LogP contribution in [0.4, 0.5) is 13.2 Å². The summed E-state index contributed by atoms with van der Waals surface area (Å²) in [5.41, 5.74) is 0. The number of carboxylic acids is 1. The third kappa shape index (κ3) is 2.58. The normalized spacial score (nSPS) is 30.1. The molecule has 1 heterocycles. The summed E-state index contributed by atoms with van der Waals surface area (Å²) in [6.07, 6.45) is -6.68. The molecule has 1 aliphatic rings. The molecule has 2 atom stereocenters. The van der Waals surface area contributed by atoms with E-state index in [0.29, 0.717) is 0 Å². The van der Waals surface area contributed by atoms with E-state index < -0.39 is 30.6 Å². The van der Waals surface area contributed by atoms with Gasteiger partial charge >= 0.3 is 12.1 Å². The maximum Gasteiger partial charge on any atom is 0.414 e. The molecule has 0 aromatic heterocycles. The van der Waals surface area contributed by atoms with Crippen LogP contribution in [0.15, 0.2) is 0 Å². The second kappa shape index (κ2) is 3.53. The molecule has 1 rings (SSSR count). The van der Waals surface area contributed by atoms with Gasteiger partial charge < -0.3 is 9.84 Å². The lowest BCUT2D eigenvalue weighted by Crippen LogP contribution is -2.39. The number of carbonyl (C=O) groups is 1. The van der Waals surface area contributed by atoms with Crippen molar-refractivity contribution in [1.82, 2.24) is 0 Å². The number of halogens is 3. The largest absolute Gasteiger partial charge is 0.481 e. The average molecular weight is 198 g/mol. The zero-order chi connectivity index (χ0) is 10.1. The minimum atomic E-state index is -4.45. The summed E-state index contributed by atoms with van der Waals surface area (Å²) in [5, 5.41) is 8.50. The molecule has 1 saturated heterocycles. The highest BCUT2D eigenvalue weighted by atomic mass is 19.4. The first-order valence-corrected chi connectivity index (χ1v) is 3.82. The molecule has 0 spiro atoms. The first-order chi connectivity index (χ1) is 5.91. The van der Waals surface area contributed by atoms with E-state index in [0.717, 1.165) is 0 Å². The lowest BCUT2D eigenvalue weighted by Gasteiger charge is -2.28. The van der Waals surface area contributed by atoms with E-state index in [1.165, 1.54) is 0 Å². The van der Waals surface area contributed by atoms with Crippen LogP contribution in [0.1, 0.15) is 12.8 Å². The third-order valence-corrected chi connectivity index (χ3v) is 2.00. The van der Waals surface area contributed by atoms with E-state index in [4.69, 9.17) is 5.11 Å². The number of hydrogen-bond donors (Lipinski definition) is 1. The minimum Gasteiger partial charge on any atom is -0.481 e. The maximum absolute atomic E-state index is 12.1. The second-order valence-electron chi connectivity index (χ2n) is 2.96. The first-order valence-electron chi connectivity index (χ1n) is 3.82. The first kappa shape index (κ1) is 10.3. The molecule has 6 heteroatoms. The highest BCUT2D eigenvalue weighted by Crippen LogP contribution is 2.32. The van der Waals surface area contributed by atoms with Crippen molar-refractivity contribution in [2.75, 3.05) is 6.61 Å². The van der Waals surface area contributed by atoms with Crippen LogP contribution in [-0.2, 0) is 9.53 Å². The van der Waals surface area contributed by atoms with E-state index >= 15 is 0 Å². The van der Waals surface area contributed by atoms with Crippen LogP contribution in [0, 0.1) is 5.92 Å². The Morgan fingerprint density at radius 2 is 2.08 bits per heavy atom. The highest BCUT2D eigenvalue weighted by Gasteiger charge is 2.45. The highest BCUT2D eigenvalue weighted by molar-refractivity contribution is 5.70. The zero-order valence-electron chi connectivity index (χ0n) is 6.67. The molecule has 0 unspecified atom stereocenters. The summed E-state index contributed by atoms with van der Waals surface area (Å²) in [6, 6.07) is 0. The Hall–Kier alpha value is -0.780. The van der Waals surface area contributed by atoms with Crippen molar-refractivity contribution < 1.29 is 27.8 Å². The lowest BCUT2D eigenvalue weighted by atomic mass is 9.95. The van der Waals surface area contributed by atoms with Gasteiger partial charge in [0, 0.05) is 6.61 Å². The summed E-state index contributed by atoms with van der Waals surface area (Å²) < 4.78 is 40.6. The molecule has 0 aromatic rings. The van der Waals surface area contributed by atoms with Crippen molar-refractivity contribution in [3.63, 3.8) is 0 Å². The number of ether oxygens (including phenoxy) is 1. The molecule has 1 fully saturated rings. The smallest absolute Gasteiger partial charge is 0.414 e. The summed E-state index contributed by atoms with van der Waals surface area (Å²) in [7, 11) is 0. The predicted octanol–water partition coefficient (Wildman–Crippen LogP) is 1.43. The van der Waals surface area contributed by atoms with Crippen LogP contribution in [0.3, 0.4) is 0 Å². The van der Waals surface area contributed by atoms with Gasteiger partial charge in [-0.25, -0.2) is 0 Å². The molecule has 76 valence electrons. The second-order valence-corrected chi connectivity index (χ2v) is 2.96. The Morgan fingerprint density at radius 3 is 2.54 bits per heavy atom. The molecule has 1 aliphatic heterocycles. The Balaban J connectivity index is 2.57. The molecule has 0 radical (unpaired) electrons. The van der Waals surface area contributed by atoms with Crippen molar-refractivity contribution in [2.45, 2.75) is 25.1 Å². The van der Waals surface area contributed by atoms with Gasteiger partial charge in [-0.15, -0.1) is 0 Å². The molecular formula is C7H9F3O3. The lowest BCUT2D eigenvalue weighted by molar-refractivity contribution is -0.236. The summed E-state index contributed by atoms with van der Waals surface area (Å²) in [5.74, 6) is -2.11. The molecule has 0 aliphatic carbocycles. The van der Waals surface area contributed by atoms with Gasteiger partial charge in [0.1, 0.15) is 0 Å². The van der Waals surface area contributed by atoms with E-state index in [-0.39, 0.29) is 13.0 Å². The minimum absolute atomic E-state index is 0.138. The van der Waals surface area contributed by atoms with Crippen LogP contribution >= 0.6 is 0 Å². The predicted molar refractivity (Wildman–Crippen MR) is 36.2 cm³/mol. The quantitative estimate of drug-likeness (QED) is 0.693. The number of alkyl halides is 3. The fraction of sp³-hybridized carbons (Fsp3) is 0.857. The number of carboxylic acid groups (broad SMARTS) is 1. The van der Waals surface area contributed by atoms with Crippen LogP contribution in [0.2, 0.25) is 0 Å². The van der Waals surface area contributed by atoms with Gasteiger partial charge in [-0.05, 0) is 12.8 Å². The molecule has 3 nitrogen and oxygen atoms in total. The Bertz CT molecular complexity index is 202. The van der Waals surface area contributed by atoms with Gasteiger partial charge in [0.05, 0.1) is 5.92 Å². The topological polar surface area (TPSA) is 46.5 Å². The molecule has 0 bridgehead atoms. The molecule has 0 saturated carbocycles. The monoisotopic (exact) mass is 198 g/mol. The number of hydrogen-bond acceptors (Lipinski definition) is 2. The maximum atomic E-state index is 12.1. The van der Waals surface area contributed by atoms with Crippen molar-refractivity contribution in [1.29, 1.82) is 0 Å². The van der Waals surface area contributed by atoms with Crippen molar-refractivity contribution in [3.05, 3.63) is 0 Å². The van der Waals surface area contributed by atoms with Crippen molar-refractivity contribution >= 4 is 5.97 Å². The number of aliphatic carboxylic acids is 1.